The minimum absolute atomic E-state index is 0.0214. The predicted molar refractivity (Wildman–Crippen MR) is 188 cm³/mol. The number of carboxylic acid groups (broad SMARTS) is 1. The second-order valence-corrected chi connectivity index (χ2v) is 19.0. The van der Waals surface area contributed by atoms with Crippen molar-refractivity contribution in [3.63, 3.8) is 0 Å². The molecule has 4 saturated carbocycles. The van der Waals surface area contributed by atoms with Crippen molar-refractivity contribution in [3.8, 4) is 0 Å². The van der Waals surface area contributed by atoms with Crippen LogP contribution in [0.25, 0.3) is 0 Å². The summed E-state index contributed by atoms with van der Waals surface area (Å²) in [6.07, 6.45) is 8.33. The summed E-state index contributed by atoms with van der Waals surface area (Å²) in [6.45, 7) is 21.3. The fraction of sp³-hybridized carbons (Fsp3) is 0.829. The van der Waals surface area contributed by atoms with E-state index < -0.39 is 22.8 Å². The highest BCUT2D eigenvalue weighted by Crippen LogP contribution is 2.77. The molecule has 1 amide bonds. The van der Waals surface area contributed by atoms with Gasteiger partial charge < -0.3 is 15.2 Å². The number of nitrogens with one attached hydrogen (secondary N) is 1. The molecule has 4 fully saturated rings. The van der Waals surface area contributed by atoms with Gasteiger partial charge in [0.15, 0.2) is 5.78 Å². The Morgan fingerprint density at radius 3 is 2.20 bits per heavy atom. The lowest BCUT2D eigenvalue weighted by molar-refractivity contribution is -0.233. The Balaban J connectivity index is 1.43. The van der Waals surface area contributed by atoms with Crippen LogP contribution < -0.4 is 5.32 Å². The molecule has 5 aliphatic rings. The first-order valence-electron chi connectivity index (χ1n) is 19.1. The van der Waals surface area contributed by atoms with E-state index in [0.29, 0.717) is 37.6 Å². The van der Waals surface area contributed by atoms with E-state index in [9.17, 15) is 29.1 Å². The van der Waals surface area contributed by atoms with Crippen molar-refractivity contribution in [2.24, 2.45) is 56.2 Å². The van der Waals surface area contributed by atoms with Gasteiger partial charge >= 0.3 is 11.9 Å². The third kappa shape index (κ3) is 5.83. The van der Waals surface area contributed by atoms with E-state index in [1.54, 1.807) is 13.8 Å². The van der Waals surface area contributed by atoms with Gasteiger partial charge in [0.05, 0.1) is 17.3 Å². The molecule has 5 aliphatic carbocycles. The third-order valence-corrected chi connectivity index (χ3v) is 15.3. The molecule has 0 radical (unpaired) electrons. The van der Waals surface area contributed by atoms with Gasteiger partial charge in [-0.1, -0.05) is 48.5 Å². The van der Waals surface area contributed by atoms with Crippen molar-refractivity contribution in [2.75, 3.05) is 6.54 Å². The summed E-state index contributed by atoms with van der Waals surface area (Å²) in [5.74, 6) is -0.114. The molecule has 0 aromatic rings. The average Bonchev–Trinajstić information content (AvgIpc) is 3.30. The van der Waals surface area contributed by atoms with Gasteiger partial charge in [-0.3, -0.25) is 24.0 Å². The van der Waals surface area contributed by atoms with Gasteiger partial charge in [0, 0.05) is 31.7 Å². The number of aliphatic carboxylic acids is 1. The van der Waals surface area contributed by atoms with Crippen LogP contribution in [-0.4, -0.2) is 47.2 Å². The maximum atomic E-state index is 14.3. The third-order valence-electron chi connectivity index (χ3n) is 15.3. The first-order chi connectivity index (χ1) is 22.6. The number of ketones is 2. The maximum Gasteiger partial charge on any atom is 0.309 e. The van der Waals surface area contributed by atoms with E-state index in [1.165, 1.54) is 12.5 Å². The van der Waals surface area contributed by atoms with Gasteiger partial charge in [0.1, 0.15) is 11.9 Å². The van der Waals surface area contributed by atoms with E-state index in [2.05, 4.69) is 53.8 Å². The van der Waals surface area contributed by atoms with Crippen LogP contribution in [0.15, 0.2) is 11.1 Å². The largest absolute Gasteiger partial charge is 0.481 e. The van der Waals surface area contributed by atoms with Crippen molar-refractivity contribution in [2.45, 2.75) is 152 Å². The van der Waals surface area contributed by atoms with Gasteiger partial charge in [-0.2, -0.15) is 0 Å². The van der Waals surface area contributed by atoms with E-state index in [0.717, 1.165) is 56.9 Å². The number of carbonyl (C=O) groups is 5. The van der Waals surface area contributed by atoms with Crippen LogP contribution in [0.5, 0.6) is 0 Å². The molecular formula is C41H63NO7. The minimum Gasteiger partial charge on any atom is -0.481 e. The molecule has 0 bridgehead atoms. The minimum atomic E-state index is -1.17. The number of carbonyl (C=O) groups excluding carboxylic acids is 4. The van der Waals surface area contributed by atoms with E-state index >= 15 is 0 Å². The van der Waals surface area contributed by atoms with Crippen molar-refractivity contribution >= 4 is 29.4 Å². The Morgan fingerprint density at radius 2 is 1.59 bits per heavy atom. The fourth-order valence-corrected chi connectivity index (χ4v) is 12.5. The molecule has 0 heterocycles. The van der Waals surface area contributed by atoms with Crippen LogP contribution in [0.3, 0.4) is 0 Å². The van der Waals surface area contributed by atoms with Crippen LogP contribution in [-0.2, 0) is 28.7 Å². The zero-order valence-electron chi connectivity index (χ0n) is 32.0. The molecule has 0 saturated heterocycles. The van der Waals surface area contributed by atoms with E-state index in [-0.39, 0.29) is 63.5 Å². The number of ether oxygens (including phenoxy) is 1. The molecule has 8 heteroatoms. The molecule has 8 atom stereocenters. The van der Waals surface area contributed by atoms with Crippen molar-refractivity contribution in [3.05, 3.63) is 11.1 Å². The summed E-state index contributed by atoms with van der Waals surface area (Å²) < 4.78 is 6.13. The Labute approximate surface area is 294 Å². The number of carboxylic acids is 1. The lowest BCUT2D eigenvalue weighted by atomic mass is 9.33. The van der Waals surface area contributed by atoms with Crippen LogP contribution in [0.2, 0.25) is 0 Å². The zero-order chi connectivity index (χ0) is 36.5. The molecule has 2 N–H and O–H groups in total. The molecule has 5 rings (SSSR count). The quantitative estimate of drug-likeness (QED) is 0.178. The van der Waals surface area contributed by atoms with Crippen LogP contribution in [0.4, 0.5) is 0 Å². The van der Waals surface area contributed by atoms with Crippen molar-refractivity contribution in [1.29, 1.82) is 0 Å². The number of fused-ring (bicyclic) bond motifs is 7. The molecule has 49 heavy (non-hydrogen) atoms. The van der Waals surface area contributed by atoms with E-state index in [4.69, 9.17) is 4.74 Å². The lowest BCUT2D eigenvalue weighted by Gasteiger charge is -2.72. The Bertz CT molecular complexity index is 1440. The lowest BCUT2D eigenvalue weighted by Crippen LogP contribution is -2.66. The summed E-state index contributed by atoms with van der Waals surface area (Å²) in [7, 11) is 0. The molecule has 8 nitrogen and oxygen atoms in total. The highest BCUT2D eigenvalue weighted by molar-refractivity contribution is 6.07. The Kier molecular flexibility index (Phi) is 9.71. The first kappa shape index (κ1) is 37.7. The number of esters is 1. The number of hydrogen-bond donors (Lipinski definition) is 2. The topological polar surface area (TPSA) is 127 Å². The molecule has 0 aromatic carbocycles. The summed E-state index contributed by atoms with van der Waals surface area (Å²) in [5.41, 5.74) is -0.0302. The van der Waals surface area contributed by atoms with Gasteiger partial charge in [-0.05, 0) is 123 Å². The summed E-state index contributed by atoms with van der Waals surface area (Å²) in [5, 5.41) is 12.4. The Morgan fingerprint density at radius 1 is 0.918 bits per heavy atom. The number of hydrogen-bond acceptors (Lipinski definition) is 6. The predicted octanol–water partition coefficient (Wildman–Crippen LogP) is 7.87. The van der Waals surface area contributed by atoms with Gasteiger partial charge in [0.25, 0.3) is 0 Å². The van der Waals surface area contributed by atoms with Crippen LogP contribution >= 0.6 is 0 Å². The number of rotatable bonds is 10. The number of Topliss-reactive ketones (excluding diaryl/α,β-unsaturated/α-hetero) is 2. The highest BCUT2D eigenvalue weighted by atomic mass is 16.5. The van der Waals surface area contributed by atoms with Crippen molar-refractivity contribution < 1.29 is 33.8 Å². The highest BCUT2D eigenvalue weighted by Gasteiger charge is 2.70. The zero-order valence-corrected chi connectivity index (χ0v) is 32.0. The smallest absolute Gasteiger partial charge is 0.309 e. The molecule has 0 spiro atoms. The maximum absolute atomic E-state index is 14.3. The molecular weight excluding hydrogens is 618 g/mol. The summed E-state index contributed by atoms with van der Waals surface area (Å²) >= 11 is 0. The van der Waals surface area contributed by atoms with Gasteiger partial charge in [-0.15, -0.1) is 0 Å². The molecule has 0 aromatic heterocycles. The number of amides is 1. The summed E-state index contributed by atoms with van der Waals surface area (Å²) in [4.78, 5) is 64.3. The second-order valence-electron chi connectivity index (χ2n) is 19.0. The van der Waals surface area contributed by atoms with Crippen LogP contribution in [0.1, 0.15) is 146 Å². The van der Waals surface area contributed by atoms with Gasteiger partial charge in [-0.25, -0.2) is 0 Å². The first-order valence-corrected chi connectivity index (χ1v) is 19.1. The number of allylic oxidation sites excluding steroid dienone is 2. The Hall–Kier alpha value is -2.51. The van der Waals surface area contributed by atoms with E-state index in [1.807, 2.05) is 0 Å². The standard InChI is InChI=1S/C41H63NO7/c1-24(2)33-27(44)22-41(30(45)12-11-21-42-25(3)43)20-19-39(9)26(34(33)41)13-14-29-38(8)17-16-31(49-32(46)23-36(4,5)35(47)48)37(6,7)28(38)15-18-40(29,39)10/h24,26,28-29,31H,11-23H2,1-10H3,(H,42,43)(H,47,48)/t26-,28+,29-,31+,38+,39-,40-,41+/m1/s1. The van der Waals surface area contributed by atoms with Crippen LogP contribution in [0, 0.1) is 56.2 Å². The molecule has 0 unspecified atom stereocenters. The monoisotopic (exact) mass is 681 g/mol. The molecule has 274 valence electrons. The van der Waals surface area contributed by atoms with Gasteiger partial charge in [0.2, 0.25) is 5.91 Å². The molecule has 0 aliphatic heterocycles. The second kappa shape index (κ2) is 12.6. The summed E-state index contributed by atoms with van der Waals surface area (Å²) in [6, 6.07) is 0. The fourth-order valence-electron chi connectivity index (χ4n) is 12.5. The SMILES string of the molecule is CC(=O)NCCCC(=O)[C@@]12CC[C@]3(C)[C@H](CC[C@@H]4[C@@]5(C)CC[C@H](OC(=O)CC(C)(C)C(=O)O)C(C)(C)[C@@H]5CC[C@]43C)C1=C(C(C)C)C(=O)C2. The average molecular weight is 682 g/mol. The normalized spacial score (nSPS) is 38.2. The van der Waals surface area contributed by atoms with Crippen molar-refractivity contribution in [1.82, 2.24) is 5.32 Å².